The maximum atomic E-state index is 14.0. The third-order valence-electron chi connectivity index (χ3n) is 7.93. The second-order valence-electron chi connectivity index (χ2n) is 10.2. The Morgan fingerprint density at radius 2 is 0.548 bits per heavy atom. The lowest BCUT2D eigenvalue weighted by Gasteiger charge is -2.21. The van der Waals surface area contributed by atoms with E-state index >= 15 is 0 Å². The number of halogens is 6. The van der Waals surface area contributed by atoms with Crippen molar-refractivity contribution < 1.29 is 26.3 Å². The molecule has 6 heteroatoms. The van der Waals surface area contributed by atoms with Crippen molar-refractivity contribution in [1.29, 1.82) is 0 Å². The molecular formula is C36H20F6. The molecule has 7 aromatic rings. The molecule has 0 atom stereocenters. The summed E-state index contributed by atoms with van der Waals surface area (Å²) in [6.45, 7) is 0. The Bertz CT molecular complexity index is 1960. The van der Waals surface area contributed by atoms with Gasteiger partial charge in [-0.15, -0.1) is 0 Å². The highest BCUT2D eigenvalue weighted by Crippen LogP contribution is 2.48. The monoisotopic (exact) mass is 566 g/mol. The van der Waals surface area contributed by atoms with E-state index in [9.17, 15) is 26.3 Å². The van der Waals surface area contributed by atoms with Crippen molar-refractivity contribution in [3.63, 3.8) is 0 Å². The van der Waals surface area contributed by atoms with Gasteiger partial charge in [0, 0.05) is 0 Å². The van der Waals surface area contributed by atoms with Crippen LogP contribution in [0.1, 0.15) is 11.1 Å². The van der Waals surface area contributed by atoms with Crippen LogP contribution in [0.4, 0.5) is 26.3 Å². The van der Waals surface area contributed by atoms with E-state index in [2.05, 4.69) is 0 Å². The van der Waals surface area contributed by atoms with Crippen LogP contribution < -0.4 is 0 Å². The highest BCUT2D eigenvalue weighted by Gasteiger charge is 2.34. The van der Waals surface area contributed by atoms with E-state index in [1.54, 1.807) is 36.4 Å². The minimum Gasteiger partial charge on any atom is -0.166 e. The minimum atomic E-state index is -4.52. The fraction of sp³-hybridized carbons (Fsp3) is 0.0556. The molecule has 0 radical (unpaired) electrons. The maximum absolute atomic E-state index is 14.0. The van der Waals surface area contributed by atoms with Crippen LogP contribution in [0, 0.1) is 0 Å². The van der Waals surface area contributed by atoms with Crippen LogP contribution in [0.3, 0.4) is 0 Å². The smallest absolute Gasteiger partial charge is 0.166 e. The predicted molar refractivity (Wildman–Crippen MR) is 157 cm³/mol. The van der Waals surface area contributed by atoms with E-state index in [1.807, 2.05) is 48.5 Å². The molecular weight excluding hydrogens is 546 g/mol. The Morgan fingerprint density at radius 3 is 0.833 bits per heavy atom. The zero-order valence-electron chi connectivity index (χ0n) is 21.8. The molecule has 42 heavy (non-hydrogen) atoms. The molecule has 0 spiro atoms. The lowest BCUT2D eigenvalue weighted by Crippen LogP contribution is -2.06. The van der Waals surface area contributed by atoms with Crippen molar-refractivity contribution in [1.82, 2.24) is 0 Å². The van der Waals surface area contributed by atoms with Crippen LogP contribution in [0.5, 0.6) is 0 Å². The number of alkyl halides is 6. The maximum Gasteiger partial charge on any atom is 0.417 e. The second-order valence-corrected chi connectivity index (χ2v) is 10.2. The molecule has 0 amide bonds. The van der Waals surface area contributed by atoms with Crippen LogP contribution in [0.25, 0.3) is 65.3 Å². The van der Waals surface area contributed by atoms with Gasteiger partial charge in [0.2, 0.25) is 0 Å². The highest BCUT2D eigenvalue weighted by atomic mass is 19.4. The van der Waals surface area contributed by atoms with Crippen LogP contribution in [0.2, 0.25) is 0 Å². The molecule has 0 N–H and O–H groups in total. The van der Waals surface area contributed by atoms with E-state index in [1.165, 1.54) is 24.3 Å². The van der Waals surface area contributed by atoms with Gasteiger partial charge >= 0.3 is 12.4 Å². The van der Waals surface area contributed by atoms with E-state index in [0.29, 0.717) is 21.9 Å². The van der Waals surface area contributed by atoms with Gasteiger partial charge in [0.1, 0.15) is 0 Å². The Morgan fingerprint density at radius 1 is 0.286 bits per heavy atom. The highest BCUT2D eigenvalue weighted by molar-refractivity contribution is 6.25. The first-order valence-electron chi connectivity index (χ1n) is 13.3. The van der Waals surface area contributed by atoms with Gasteiger partial charge in [0.15, 0.2) is 0 Å². The molecule has 0 aliphatic rings. The van der Waals surface area contributed by atoms with Gasteiger partial charge in [0.25, 0.3) is 0 Å². The van der Waals surface area contributed by atoms with Gasteiger partial charge in [-0.2, -0.15) is 26.3 Å². The normalized spacial score (nSPS) is 12.5. The third-order valence-corrected chi connectivity index (χ3v) is 7.93. The fourth-order valence-electron chi connectivity index (χ4n) is 6.24. The summed E-state index contributed by atoms with van der Waals surface area (Å²) in [5, 5.41) is 4.31. The first kappa shape index (κ1) is 26.1. The van der Waals surface area contributed by atoms with Crippen molar-refractivity contribution in [3.8, 4) is 22.3 Å². The summed E-state index contributed by atoms with van der Waals surface area (Å²) in [5.74, 6) is 0. The van der Waals surface area contributed by atoms with Gasteiger partial charge in [-0.05, 0) is 77.5 Å². The van der Waals surface area contributed by atoms with Crippen molar-refractivity contribution >= 4 is 43.1 Å². The molecule has 0 heterocycles. The summed E-state index contributed by atoms with van der Waals surface area (Å²) in [5.41, 5.74) is 1.42. The topological polar surface area (TPSA) is 0 Å². The third kappa shape index (κ3) is 4.01. The largest absolute Gasteiger partial charge is 0.417 e. The summed E-state index contributed by atoms with van der Waals surface area (Å²) >= 11 is 0. The molecule has 7 aromatic carbocycles. The average molecular weight is 567 g/mol. The molecule has 0 fully saturated rings. The Hall–Kier alpha value is -4.84. The lowest BCUT2D eigenvalue weighted by atomic mass is 9.83. The predicted octanol–water partition coefficient (Wildman–Crippen LogP) is 11.7. The SMILES string of the molecule is FC(F)(F)c1ccc(-c2c3ccccc3c(-c3ccc(C(F)(F)F)c4ccccc34)c3ccccc23)c2ccccc12. The molecule has 0 nitrogen and oxygen atoms in total. The number of hydrogen-bond donors (Lipinski definition) is 0. The van der Waals surface area contributed by atoms with E-state index in [4.69, 9.17) is 0 Å². The second kappa shape index (κ2) is 9.35. The summed E-state index contributed by atoms with van der Waals surface area (Å²) in [4.78, 5) is 0. The van der Waals surface area contributed by atoms with Crippen LogP contribution >= 0.6 is 0 Å². The first-order chi connectivity index (χ1) is 20.1. The number of fused-ring (bicyclic) bond motifs is 4. The van der Waals surface area contributed by atoms with Gasteiger partial charge < -0.3 is 0 Å². The molecule has 0 aliphatic heterocycles. The molecule has 0 saturated carbocycles. The van der Waals surface area contributed by atoms with Crippen LogP contribution in [0.15, 0.2) is 121 Å². The molecule has 0 saturated heterocycles. The Balaban J connectivity index is 1.63. The zero-order valence-corrected chi connectivity index (χ0v) is 21.8. The fourth-order valence-corrected chi connectivity index (χ4v) is 6.24. The number of benzene rings is 7. The van der Waals surface area contributed by atoms with Gasteiger partial charge in [-0.1, -0.05) is 109 Å². The first-order valence-corrected chi connectivity index (χ1v) is 13.3. The molecule has 0 aromatic heterocycles. The van der Waals surface area contributed by atoms with Crippen molar-refractivity contribution in [2.24, 2.45) is 0 Å². The van der Waals surface area contributed by atoms with E-state index in [0.717, 1.165) is 44.8 Å². The van der Waals surface area contributed by atoms with Crippen molar-refractivity contribution in [3.05, 3.63) is 132 Å². The minimum absolute atomic E-state index is 0.105. The standard InChI is InChI=1S/C36H20F6/c37-35(38,39)31-19-17-29(21-9-1-3-11-23(21)31)33-25-13-5-7-15-27(25)34(28-16-8-6-14-26(28)33)30-18-20-32(36(40,41)42)24-12-4-2-10-22(24)30/h1-20H. The van der Waals surface area contributed by atoms with E-state index in [-0.39, 0.29) is 10.8 Å². The van der Waals surface area contributed by atoms with Crippen LogP contribution in [-0.2, 0) is 12.4 Å². The van der Waals surface area contributed by atoms with Crippen LogP contribution in [-0.4, -0.2) is 0 Å². The quantitative estimate of drug-likeness (QED) is 0.144. The summed E-state index contributed by atoms with van der Waals surface area (Å²) in [7, 11) is 0. The Kier molecular flexibility index (Phi) is 5.80. The molecule has 0 aliphatic carbocycles. The summed E-state index contributed by atoms with van der Waals surface area (Å²) < 4.78 is 83.7. The van der Waals surface area contributed by atoms with Crippen molar-refractivity contribution in [2.45, 2.75) is 12.4 Å². The molecule has 0 bridgehead atoms. The van der Waals surface area contributed by atoms with Gasteiger partial charge in [-0.25, -0.2) is 0 Å². The average Bonchev–Trinajstić information content (AvgIpc) is 2.98. The van der Waals surface area contributed by atoms with Gasteiger partial charge in [0.05, 0.1) is 11.1 Å². The number of hydrogen-bond acceptors (Lipinski definition) is 0. The molecule has 206 valence electrons. The number of rotatable bonds is 2. The molecule has 7 rings (SSSR count). The van der Waals surface area contributed by atoms with E-state index < -0.39 is 23.5 Å². The zero-order chi connectivity index (χ0) is 29.2. The lowest BCUT2D eigenvalue weighted by molar-refractivity contribution is -0.137. The summed E-state index contributed by atoms with van der Waals surface area (Å²) in [6.07, 6.45) is -9.04. The van der Waals surface area contributed by atoms with Crippen molar-refractivity contribution in [2.75, 3.05) is 0 Å². The Labute approximate surface area is 236 Å². The summed E-state index contributed by atoms with van der Waals surface area (Å²) in [6, 6.07) is 33.4. The molecule has 0 unspecified atom stereocenters. The van der Waals surface area contributed by atoms with Gasteiger partial charge in [-0.3, -0.25) is 0 Å².